The lowest BCUT2D eigenvalue weighted by atomic mass is 10.1. The van der Waals surface area contributed by atoms with E-state index in [0.29, 0.717) is 24.2 Å². The van der Waals surface area contributed by atoms with Crippen LogP contribution in [0.5, 0.6) is 0 Å². The molecule has 1 saturated heterocycles. The number of amides is 1. The number of nitrogens with one attached hydrogen (secondary N) is 1. The van der Waals surface area contributed by atoms with Crippen LogP contribution in [0.2, 0.25) is 0 Å². The highest BCUT2D eigenvalue weighted by molar-refractivity contribution is 7.92. The standard InChI is InChI=1S/C20H23N5O3S/c1-2-13-29(27,28)23-16-8-5-7-15(14-16)20(26)24-12-6-9-17(24)19-22-21-18-10-3-4-11-25(18)19/h3-5,7-8,10-11,14,17,23H,2,6,9,12-13H2,1H3/t17-/m0/s1. The summed E-state index contributed by atoms with van der Waals surface area (Å²) in [6.07, 6.45) is 4.11. The lowest BCUT2D eigenvalue weighted by Gasteiger charge is -2.24. The normalized spacial score (nSPS) is 17.0. The molecule has 1 atom stereocenters. The molecule has 1 N–H and O–H groups in total. The fourth-order valence-electron chi connectivity index (χ4n) is 3.75. The maximum absolute atomic E-state index is 13.2. The Hall–Kier alpha value is -2.94. The van der Waals surface area contributed by atoms with Crippen LogP contribution in [0.1, 0.15) is 48.4 Å². The molecule has 1 aliphatic rings. The maximum atomic E-state index is 13.2. The molecule has 8 nitrogen and oxygen atoms in total. The molecule has 2 aromatic heterocycles. The van der Waals surface area contributed by atoms with Crippen molar-refractivity contribution in [3.05, 3.63) is 60.0 Å². The lowest BCUT2D eigenvalue weighted by molar-refractivity contribution is 0.0729. The van der Waals surface area contributed by atoms with Crippen molar-refractivity contribution in [2.75, 3.05) is 17.0 Å². The van der Waals surface area contributed by atoms with Crippen LogP contribution in [-0.4, -0.2) is 46.1 Å². The minimum Gasteiger partial charge on any atom is -0.328 e. The van der Waals surface area contributed by atoms with Crippen LogP contribution in [0.15, 0.2) is 48.7 Å². The van der Waals surface area contributed by atoms with Gasteiger partial charge in [-0.2, -0.15) is 0 Å². The average Bonchev–Trinajstić information content (AvgIpc) is 3.33. The molecular formula is C20H23N5O3S. The van der Waals surface area contributed by atoms with Crippen molar-refractivity contribution in [1.29, 1.82) is 0 Å². The minimum absolute atomic E-state index is 0.0410. The zero-order valence-electron chi connectivity index (χ0n) is 16.2. The van der Waals surface area contributed by atoms with Gasteiger partial charge in [0.1, 0.15) is 0 Å². The monoisotopic (exact) mass is 413 g/mol. The number of pyridine rings is 1. The third kappa shape index (κ3) is 3.95. The van der Waals surface area contributed by atoms with Gasteiger partial charge in [-0.05, 0) is 49.6 Å². The van der Waals surface area contributed by atoms with Gasteiger partial charge in [0.25, 0.3) is 5.91 Å². The van der Waals surface area contributed by atoms with Crippen molar-refractivity contribution in [1.82, 2.24) is 19.5 Å². The van der Waals surface area contributed by atoms with E-state index in [1.165, 1.54) is 0 Å². The highest BCUT2D eigenvalue weighted by Crippen LogP contribution is 2.32. The Kier molecular flexibility index (Phi) is 5.23. The van der Waals surface area contributed by atoms with E-state index in [0.717, 1.165) is 24.3 Å². The molecular weight excluding hydrogens is 390 g/mol. The van der Waals surface area contributed by atoms with Crippen molar-refractivity contribution in [2.24, 2.45) is 0 Å². The molecule has 1 amide bonds. The third-order valence-corrected chi connectivity index (χ3v) is 6.50. The van der Waals surface area contributed by atoms with Crippen molar-refractivity contribution in [2.45, 2.75) is 32.2 Å². The van der Waals surface area contributed by atoms with E-state index in [9.17, 15) is 13.2 Å². The van der Waals surface area contributed by atoms with E-state index >= 15 is 0 Å². The van der Waals surface area contributed by atoms with E-state index < -0.39 is 10.0 Å². The van der Waals surface area contributed by atoms with E-state index in [1.54, 1.807) is 36.1 Å². The lowest BCUT2D eigenvalue weighted by Crippen LogP contribution is -2.31. The zero-order chi connectivity index (χ0) is 20.4. The summed E-state index contributed by atoms with van der Waals surface area (Å²) in [6, 6.07) is 12.2. The van der Waals surface area contributed by atoms with Crippen molar-refractivity contribution < 1.29 is 13.2 Å². The Morgan fingerprint density at radius 3 is 2.90 bits per heavy atom. The van der Waals surface area contributed by atoms with Gasteiger partial charge in [-0.25, -0.2) is 8.42 Å². The molecule has 1 aliphatic heterocycles. The number of carbonyl (C=O) groups is 1. The number of hydrogen-bond acceptors (Lipinski definition) is 5. The Labute approximate surface area is 169 Å². The van der Waals surface area contributed by atoms with Gasteiger partial charge in [-0.1, -0.05) is 19.1 Å². The second-order valence-corrected chi connectivity index (χ2v) is 8.99. The topological polar surface area (TPSA) is 96.7 Å². The predicted molar refractivity (Wildman–Crippen MR) is 110 cm³/mol. The van der Waals surface area contributed by atoms with Crippen molar-refractivity contribution in [3.8, 4) is 0 Å². The fraction of sp³-hybridized carbons (Fsp3) is 0.350. The average molecular weight is 414 g/mol. The second kappa shape index (κ2) is 7.82. The molecule has 0 spiro atoms. The quantitative estimate of drug-likeness (QED) is 0.670. The molecule has 4 rings (SSSR count). The number of hydrogen-bond donors (Lipinski definition) is 1. The first-order valence-electron chi connectivity index (χ1n) is 9.69. The predicted octanol–water partition coefficient (Wildman–Crippen LogP) is 2.86. The highest BCUT2D eigenvalue weighted by Gasteiger charge is 2.33. The number of benzene rings is 1. The molecule has 0 unspecified atom stereocenters. The van der Waals surface area contributed by atoms with E-state index in [1.807, 2.05) is 28.8 Å². The molecule has 0 radical (unpaired) electrons. The number of fused-ring (bicyclic) bond motifs is 1. The summed E-state index contributed by atoms with van der Waals surface area (Å²) in [5.41, 5.74) is 1.59. The van der Waals surface area contributed by atoms with Crippen molar-refractivity contribution in [3.63, 3.8) is 0 Å². The first-order chi connectivity index (χ1) is 14.0. The minimum atomic E-state index is -3.41. The number of nitrogens with zero attached hydrogens (tertiary/aromatic N) is 4. The van der Waals surface area contributed by atoms with Crippen LogP contribution in [0.25, 0.3) is 5.65 Å². The largest absolute Gasteiger partial charge is 0.328 e. The van der Waals surface area contributed by atoms with Crippen LogP contribution < -0.4 is 4.72 Å². The number of rotatable bonds is 6. The SMILES string of the molecule is CCCS(=O)(=O)Nc1cccc(C(=O)N2CCC[C@H]2c2nnc3ccccn23)c1. The molecule has 0 saturated carbocycles. The Morgan fingerprint density at radius 2 is 2.07 bits per heavy atom. The Bertz CT molecular complexity index is 1140. The third-order valence-electron chi connectivity index (χ3n) is 5.01. The van der Waals surface area contributed by atoms with E-state index in [2.05, 4.69) is 14.9 Å². The summed E-state index contributed by atoms with van der Waals surface area (Å²) < 4.78 is 28.5. The smallest absolute Gasteiger partial charge is 0.254 e. The van der Waals surface area contributed by atoms with Gasteiger partial charge in [0.05, 0.1) is 11.8 Å². The Balaban J connectivity index is 1.60. The number of aromatic nitrogens is 3. The van der Waals surface area contributed by atoms with Gasteiger partial charge in [-0.15, -0.1) is 10.2 Å². The van der Waals surface area contributed by atoms with Gasteiger partial charge < -0.3 is 4.90 Å². The van der Waals surface area contributed by atoms with Crippen LogP contribution in [0.3, 0.4) is 0 Å². The summed E-state index contributed by atoms with van der Waals surface area (Å²) in [4.78, 5) is 15.0. The second-order valence-electron chi connectivity index (χ2n) is 7.15. The molecule has 0 aliphatic carbocycles. The number of sulfonamides is 1. The molecule has 9 heteroatoms. The summed E-state index contributed by atoms with van der Waals surface area (Å²) in [6.45, 7) is 2.43. The molecule has 3 heterocycles. The van der Waals surface area contributed by atoms with Crippen LogP contribution in [-0.2, 0) is 10.0 Å². The number of likely N-dealkylation sites (tertiary alicyclic amines) is 1. The van der Waals surface area contributed by atoms with Gasteiger partial charge >= 0.3 is 0 Å². The first-order valence-corrected chi connectivity index (χ1v) is 11.3. The molecule has 29 heavy (non-hydrogen) atoms. The van der Waals surface area contributed by atoms with Gasteiger partial charge in [0, 0.05) is 24.0 Å². The maximum Gasteiger partial charge on any atom is 0.254 e. The van der Waals surface area contributed by atoms with Gasteiger partial charge in [0.15, 0.2) is 11.5 Å². The summed E-state index contributed by atoms with van der Waals surface area (Å²) >= 11 is 0. The number of carbonyl (C=O) groups excluding carboxylic acids is 1. The van der Waals surface area contributed by atoms with Gasteiger partial charge in [-0.3, -0.25) is 13.9 Å². The highest BCUT2D eigenvalue weighted by atomic mass is 32.2. The van der Waals surface area contributed by atoms with Crippen molar-refractivity contribution >= 4 is 27.3 Å². The summed E-state index contributed by atoms with van der Waals surface area (Å²) in [5.74, 6) is 0.641. The van der Waals surface area contributed by atoms with Gasteiger partial charge in [0.2, 0.25) is 10.0 Å². The first kappa shape index (κ1) is 19.4. The zero-order valence-corrected chi connectivity index (χ0v) is 17.0. The van der Waals surface area contributed by atoms with Crippen LogP contribution in [0.4, 0.5) is 5.69 Å². The number of anilines is 1. The molecule has 3 aromatic rings. The molecule has 1 fully saturated rings. The van der Waals surface area contributed by atoms with Crippen LogP contribution >= 0.6 is 0 Å². The van der Waals surface area contributed by atoms with Crippen LogP contribution in [0, 0.1) is 0 Å². The molecule has 152 valence electrons. The Morgan fingerprint density at radius 1 is 1.21 bits per heavy atom. The fourth-order valence-corrected chi connectivity index (χ4v) is 4.87. The van der Waals surface area contributed by atoms with E-state index in [4.69, 9.17) is 0 Å². The molecule has 0 bridgehead atoms. The molecule has 1 aromatic carbocycles. The van der Waals surface area contributed by atoms with E-state index in [-0.39, 0.29) is 17.7 Å². The summed E-state index contributed by atoms with van der Waals surface area (Å²) in [5, 5.41) is 8.52. The summed E-state index contributed by atoms with van der Waals surface area (Å²) in [7, 11) is -3.41.